The first-order valence-electron chi connectivity index (χ1n) is 9.54. The smallest absolute Gasteiger partial charge is 0.404 e. The van der Waals surface area contributed by atoms with Crippen LogP contribution in [0, 0.1) is 5.82 Å². The van der Waals surface area contributed by atoms with E-state index in [0.29, 0.717) is 21.8 Å². The second kappa shape index (κ2) is 9.02. The van der Waals surface area contributed by atoms with Gasteiger partial charge in [0, 0.05) is 19.8 Å². The van der Waals surface area contributed by atoms with Crippen molar-refractivity contribution in [2.24, 2.45) is 12.8 Å². The molecule has 2 amide bonds. The van der Waals surface area contributed by atoms with E-state index in [1.165, 1.54) is 38.4 Å². The van der Waals surface area contributed by atoms with E-state index in [4.69, 9.17) is 10.5 Å². The number of halogens is 1. The lowest BCUT2D eigenvalue weighted by Crippen LogP contribution is -2.34. The summed E-state index contributed by atoms with van der Waals surface area (Å²) in [6.07, 6.45) is 0.684. The van der Waals surface area contributed by atoms with Crippen molar-refractivity contribution in [1.82, 2.24) is 14.6 Å². The van der Waals surface area contributed by atoms with E-state index >= 15 is 0 Å². The third-order valence-electron chi connectivity index (χ3n) is 4.95. The minimum Gasteiger partial charge on any atom is -0.505 e. The van der Waals surface area contributed by atoms with Crippen molar-refractivity contribution < 1.29 is 29.0 Å². The van der Waals surface area contributed by atoms with Gasteiger partial charge in [0.1, 0.15) is 17.9 Å². The number of carbonyl (C=O) groups is 2. The predicted octanol–water partition coefficient (Wildman–Crippen LogP) is 1.82. The van der Waals surface area contributed by atoms with Gasteiger partial charge in [0.25, 0.3) is 11.5 Å². The Morgan fingerprint density at radius 1 is 1.28 bits per heavy atom. The number of ether oxygens (including phenoxy) is 1. The summed E-state index contributed by atoms with van der Waals surface area (Å²) in [6.45, 7) is 1.21. The van der Waals surface area contributed by atoms with Crippen molar-refractivity contribution in [3.05, 3.63) is 68.9 Å². The Hall–Kier alpha value is -3.99. The SMILES string of the molecule is CCN(O)C(=O)c1c(O)c2ncc(Cc3ccc(F)cc3COC(N)=O)cc2n(C)c1=O. The molecule has 1 aromatic carbocycles. The number of rotatable bonds is 6. The van der Waals surface area contributed by atoms with Gasteiger partial charge in [-0.3, -0.25) is 19.8 Å². The number of pyridine rings is 2. The average molecular weight is 444 g/mol. The number of aryl methyl sites for hydroxylation is 1. The zero-order chi connectivity index (χ0) is 23.6. The summed E-state index contributed by atoms with van der Waals surface area (Å²) < 4.78 is 19.6. The van der Waals surface area contributed by atoms with Crippen LogP contribution in [0.15, 0.2) is 35.3 Å². The Kier molecular flexibility index (Phi) is 6.40. The topological polar surface area (TPSA) is 148 Å². The van der Waals surface area contributed by atoms with Crippen LogP contribution in [0.2, 0.25) is 0 Å². The molecular weight excluding hydrogens is 423 g/mol. The van der Waals surface area contributed by atoms with Crippen LogP contribution < -0.4 is 11.3 Å². The van der Waals surface area contributed by atoms with Crippen LogP contribution in [0.3, 0.4) is 0 Å². The number of carbonyl (C=O) groups excluding carboxylic acids is 2. The van der Waals surface area contributed by atoms with Crippen LogP contribution >= 0.6 is 0 Å². The molecule has 10 nitrogen and oxygen atoms in total. The molecule has 3 rings (SSSR count). The van der Waals surface area contributed by atoms with Crippen molar-refractivity contribution in [1.29, 1.82) is 0 Å². The fourth-order valence-electron chi connectivity index (χ4n) is 3.26. The number of fused-ring (bicyclic) bond motifs is 1. The monoisotopic (exact) mass is 444 g/mol. The van der Waals surface area contributed by atoms with Crippen molar-refractivity contribution in [3.63, 3.8) is 0 Å². The molecule has 11 heteroatoms. The number of hydroxylamine groups is 2. The van der Waals surface area contributed by atoms with Crippen molar-refractivity contribution in [2.45, 2.75) is 20.0 Å². The minimum absolute atomic E-state index is 0.0000874. The summed E-state index contributed by atoms with van der Waals surface area (Å²) in [5.41, 5.74) is 5.49. The number of nitrogens with two attached hydrogens (primary N) is 1. The van der Waals surface area contributed by atoms with Crippen molar-refractivity contribution >= 4 is 23.0 Å². The molecule has 32 heavy (non-hydrogen) atoms. The number of nitrogens with zero attached hydrogens (tertiary/aromatic N) is 3. The van der Waals surface area contributed by atoms with E-state index in [9.17, 15) is 29.1 Å². The molecule has 0 atom stereocenters. The zero-order valence-electron chi connectivity index (χ0n) is 17.3. The highest BCUT2D eigenvalue weighted by atomic mass is 19.1. The van der Waals surface area contributed by atoms with Crippen molar-refractivity contribution in [3.8, 4) is 5.75 Å². The minimum atomic E-state index is -1.04. The Labute approximate surface area is 181 Å². The number of amides is 2. The molecule has 0 aliphatic heterocycles. The van der Waals surface area contributed by atoms with E-state index in [1.54, 1.807) is 6.07 Å². The fourth-order valence-corrected chi connectivity index (χ4v) is 3.26. The molecule has 0 bridgehead atoms. The Balaban J connectivity index is 2.05. The Bertz CT molecular complexity index is 1270. The molecule has 4 N–H and O–H groups in total. The summed E-state index contributed by atoms with van der Waals surface area (Å²) in [4.78, 5) is 40.1. The number of hydrogen-bond donors (Lipinski definition) is 3. The maximum Gasteiger partial charge on any atom is 0.404 e. The number of aromatic hydroxyl groups is 1. The molecule has 0 fully saturated rings. The van der Waals surface area contributed by atoms with Crippen LogP contribution in [-0.4, -0.2) is 43.5 Å². The van der Waals surface area contributed by atoms with Crippen LogP contribution in [0.5, 0.6) is 5.75 Å². The highest BCUT2D eigenvalue weighted by Crippen LogP contribution is 2.26. The predicted molar refractivity (Wildman–Crippen MR) is 111 cm³/mol. The lowest BCUT2D eigenvalue weighted by molar-refractivity contribution is -0.0544. The van der Waals surface area contributed by atoms with Crippen LogP contribution in [0.25, 0.3) is 11.0 Å². The van der Waals surface area contributed by atoms with Crippen LogP contribution in [-0.2, 0) is 24.8 Å². The first-order valence-corrected chi connectivity index (χ1v) is 9.54. The van der Waals surface area contributed by atoms with E-state index in [-0.39, 0.29) is 30.6 Å². The van der Waals surface area contributed by atoms with Crippen LogP contribution in [0.4, 0.5) is 9.18 Å². The highest BCUT2D eigenvalue weighted by molar-refractivity contribution is 6.00. The average Bonchev–Trinajstić information content (AvgIpc) is 2.77. The molecule has 168 valence electrons. The van der Waals surface area contributed by atoms with Gasteiger partial charge >= 0.3 is 6.09 Å². The summed E-state index contributed by atoms with van der Waals surface area (Å²) in [6, 6.07) is 5.60. The molecule has 0 saturated heterocycles. The normalized spacial score (nSPS) is 10.9. The molecule has 0 spiro atoms. The lowest BCUT2D eigenvalue weighted by Gasteiger charge is -2.16. The fraction of sp³-hybridized carbons (Fsp3) is 0.238. The largest absolute Gasteiger partial charge is 0.505 e. The third-order valence-corrected chi connectivity index (χ3v) is 4.95. The molecule has 3 aromatic rings. The molecule has 0 saturated carbocycles. The van der Waals surface area contributed by atoms with E-state index in [1.807, 2.05) is 0 Å². The molecule has 0 radical (unpaired) electrons. The molecule has 0 aliphatic rings. The van der Waals surface area contributed by atoms with E-state index < -0.39 is 34.7 Å². The summed E-state index contributed by atoms with van der Waals surface area (Å²) in [5, 5.41) is 20.5. The molecular formula is C21H21FN4O6. The van der Waals surface area contributed by atoms with Gasteiger partial charge in [0.05, 0.1) is 5.52 Å². The zero-order valence-corrected chi connectivity index (χ0v) is 17.3. The number of benzene rings is 1. The lowest BCUT2D eigenvalue weighted by atomic mass is 10.0. The van der Waals surface area contributed by atoms with Gasteiger partial charge in [-0.15, -0.1) is 0 Å². The maximum absolute atomic E-state index is 13.6. The van der Waals surface area contributed by atoms with Gasteiger partial charge in [-0.25, -0.2) is 14.2 Å². The quantitative estimate of drug-likeness (QED) is 0.388. The summed E-state index contributed by atoms with van der Waals surface area (Å²) >= 11 is 0. The van der Waals surface area contributed by atoms with E-state index in [0.717, 1.165) is 4.57 Å². The molecule has 0 aliphatic carbocycles. The van der Waals surface area contributed by atoms with E-state index in [2.05, 4.69) is 4.98 Å². The summed E-state index contributed by atoms with van der Waals surface area (Å²) in [7, 11) is 1.41. The van der Waals surface area contributed by atoms with Gasteiger partial charge in [-0.1, -0.05) is 6.07 Å². The molecule has 2 heterocycles. The Morgan fingerprint density at radius 3 is 2.66 bits per heavy atom. The van der Waals surface area contributed by atoms with Gasteiger partial charge in [-0.2, -0.15) is 0 Å². The molecule has 2 aromatic heterocycles. The van der Waals surface area contributed by atoms with Gasteiger partial charge in [-0.05, 0) is 48.2 Å². The summed E-state index contributed by atoms with van der Waals surface area (Å²) in [5.74, 6) is -2.18. The second-order valence-corrected chi connectivity index (χ2v) is 7.02. The van der Waals surface area contributed by atoms with Gasteiger partial charge in [0.2, 0.25) is 0 Å². The van der Waals surface area contributed by atoms with Gasteiger partial charge in [0.15, 0.2) is 11.3 Å². The second-order valence-electron chi connectivity index (χ2n) is 7.02. The third kappa shape index (κ3) is 4.37. The Morgan fingerprint density at radius 2 is 2.00 bits per heavy atom. The highest BCUT2D eigenvalue weighted by Gasteiger charge is 2.25. The first kappa shape index (κ1) is 22.7. The standard InChI is InChI=1S/C21H21FN4O6/c1-3-26(31)20(29)16-18(27)17-15(25(2)19(16)28)7-11(9-24-17)6-12-4-5-14(22)8-13(12)10-32-21(23)30/h4-5,7-9,27,31H,3,6,10H2,1-2H3,(H2,23,30). The van der Waals surface area contributed by atoms with Crippen molar-refractivity contribution in [2.75, 3.05) is 6.54 Å². The van der Waals surface area contributed by atoms with Gasteiger partial charge < -0.3 is 20.1 Å². The van der Waals surface area contributed by atoms with Crippen LogP contribution in [0.1, 0.15) is 34.0 Å². The first-order chi connectivity index (χ1) is 15.1. The number of primary amides is 1. The maximum atomic E-state index is 13.6. The molecule has 0 unspecified atom stereocenters. The number of aromatic nitrogens is 2. The number of hydrogen-bond acceptors (Lipinski definition) is 7.